The number of aliphatic carboxylic acids is 2. The SMILES string of the molecule is CCc1ccc(C(NCC(=O)O)C(=O)O)cc1. The van der Waals surface area contributed by atoms with E-state index in [2.05, 4.69) is 5.32 Å². The standard InChI is InChI=1S/C12H15NO4/c1-2-8-3-5-9(6-4-8)11(12(16)17)13-7-10(14)15/h3-6,11,13H,2,7H2,1H3,(H,14,15)(H,16,17). The van der Waals surface area contributed by atoms with Crippen LogP contribution in [0.4, 0.5) is 0 Å². The molecule has 0 aliphatic rings. The molecule has 3 N–H and O–H groups in total. The van der Waals surface area contributed by atoms with Crippen molar-refractivity contribution < 1.29 is 19.8 Å². The Bertz CT molecular complexity index is 399. The second kappa shape index (κ2) is 6.00. The second-order valence-corrected chi connectivity index (χ2v) is 3.64. The first kappa shape index (κ1) is 13.2. The molecule has 0 saturated carbocycles. The molecule has 0 bridgehead atoms. The normalized spacial score (nSPS) is 12.1. The zero-order chi connectivity index (χ0) is 12.8. The van der Waals surface area contributed by atoms with E-state index < -0.39 is 18.0 Å². The Kier molecular flexibility index (Phi) is 4.66. The van der Waals surface area contributed by atoms with Crippen LogP contribution in [-0.4, -0.2) is 28.7 Å². The van der Waals surface area contributed by atoms with Gasteiger partial charge in [-0.2, -0.15) is 0 Å². The summed E-state index contributed by atoms with van der Waals surface area (Å²) in [6, 6.07) is 6.09. The lowest BCUT2D eigenvalue weighted by Crippen LogP contribution is -2.32. The van der Waals surface area contributed by atoms with Crippen LogP contribution in [0.25, 0.3) is 0 Å². The van der Waals surface area contributed by atoms with E-state index in [1.807, 2.05) is 19.1 Å². The predicted octanol–water partition coefficient (Wildman–Crippen LogP) is 1.05. The molecular formula is C12H15NO4. The first-order valence-corrected chi connectivity index (χ1v) is 5.31. The Labute approximate surface area is 99.1 Å². The maximum atomic E-state index is 11.0. The van der Waals surface area contributed by atoms with Crippen LogP contribution in [0.1, 0.15) is 24.1 Å². The van der Waals surface area contributed by atoms with Crippen molar-refractivity contribution in [2.75, 3.05) is 6.54 Å². The van der Waals surface area contributed by atoms with Gasteiger partial charge in [0.05, 0.1) is 6.54 Å². The van der Waals surface area contributed by atoms with Crippen LogP contribution in [0, 0.1) is 0 Å². The summed E-state index contributed by atoms with van der Waals surface area (Å²) in [4.78, 5) is 21.4. The van der Waals surface area contributed by atoms with E-state index in [1.54, 1.807) is 12.1 Å². The predicted molar refractivity (Wildman–Crippen MR) is 61.8 cm³/mol. The van der Waals surface area contributed by atoms with Gasteiger partial charge in [-0.1, -0.05) is 31.2 Å². The van der Waals surface area contributed by atoms with Crippen molar-refractivity contribution in [3.05, 3.63) is 35.4 Å². The number of rotatable bonds is 6. The van der Waals surface area contributed by atoms with Crippen LogP contribution in [0.2, 0.25) is 0 Å². The summed E-state index contributed by atoms with van der Waals surface area (Å²) in [7, 11) is 0. The highest BCUT2D eigenvalue weighted by atomic mass is 16.4. The largest absolute Gasteiger partial charge is 0.480 e. The van der Waals surface area contributed by atoms with Gasteiger partial charge in [0.2, 0.25) is 0 Å². The van der Waals surface area contributed by atoms with Gasteiger partial charge >= 0.3 is 11.9 Å². The van der Waals surface area contributed by atoms with Crippen LogP contribution in [0.15, 0.2) is 24.3 Å². The third-order valence-electron chi connectivity index (χ3n) is 2.43. The molecule has 92 valence electrons. The molecule has 17 heavy (non-hydrogen) atoms. The summed E-state index contributed by atoms with van der Waals surface area (Å²) < 4.78 is 0. The van der Waals surface area contributed by atoms with Gasteiger partial charge in [0.25, 0.3) is 0 Å². The fraction of sp³-hybridized carbons (Fsp3) is 0.333. The number of carboxylic acid groups (broad SMARTS) is 2. The minimum absolute atomic E-state index is 0.382. The Morgan fingerprint density at radius 1 is 1.24 bits per heavy atom. The molecule has 1 aromatic carbocycles. The highest BCUT2D eigenvalue weighted by molar-refractivity contribution is 5.77. The number of hydrogen-bond donors (Lipinski definition) is 3. The van der Waals surface area contributed by atoms with Crippen LogP contribution in [0.3, 0.4) is 0 Å². The van der Waals surface area contributed by atoms with Gasteiger partial charge < -0.3 is 10.2 Å². The molecule has 0 spiro atoms. The highest BCUT2D eigenvalue weighted by Crippen LogP contribution is 2.14. The number of carboxylic acids is 2. The van der Waals surface area contributed by atoms with Crippen molar-refractivity contribution in [2.24, 2.45) is 0 Å². The van der Waals surface area contributed by atoms with E-state index in [-0.39, 0.29) is 6.54 Å². The van der Waals surface area contributed by atoms with Crippen molar-refractivity contribution in [2.45, 2.75) is 19.4 Å². The van der Waals surface area contributed by atoms with Crippen molar-refractivity contribution in [3.8, 4) is 0 Å². The van der Waals surface area contributed by atoms with Crippen molar-refractivity contribution in [3.63, 3.8) is 0 Å². The van der Waals surface area contributed by atoms with Crippen molar-refractivity contribution >= 4 is 11.9 Å². The molecule has 5 nitrogen and oxygen atoms in total. The van der Waals surface area contributed by atoms with Crippen LogP contribution < -0.4 is 5.32 Å². The van der Waals surface area contributed by atoms with E-state index >= 15 is 0 Å². The van der Waals surface area contributed by atoms with Gasteiger partial charge in [-0.15, -0.1) is 0 Å². The summed E-state index contributed by atoms with van der Waals surface area (Å²) in [5.41, 5.74) is 1.66. The van der Waals surface area contributed by atoms with E-state index in [0.717, 1.165) is 12.0 Å². The van der Waals surface area contributed by atoms with Gasteiger partial charge in [-0.25, -0.2) is 0 Å². The molecule has 0 aliphatic heterocycles. The lowest BCUT2D eigenvalue weighted by molar-refractivity contribution is -0.140. The quantitative estimate of drug-likeness (QED) is 0.688. The summed E-state index contributed by atoms with van der Waals surface area (Å²) in [6.07, 6.45) is 0.876. The lowest BCUT2D eigenvalue weighted by Gasteiger charge is -2.13. The number of benzene rings is 1. The highest BCUT2D eigenvalue weighted by Gasteiger charge is 2.19. The van der Waals surface area contributed by atoms with Gasteiger partial charge in [-0.05, 0) is 17.5 Å². The number of hydrogen-bond acceptors (Lipinski definition) is 3. The second-order valence-electron chi connectivity index (χ2n) is 3.64. The molecule has 0 radical (unpaired) electrons. The van der Waals surface area contributed by atoms with E-state index in [9.17, 15) is 9.59 Å². The smallest absolute Gasteiger partial charge is 0.325 e. The van der Waals surface area contributed by atoms with E-state index in [0.29, 0.717) is 5.56 Å². The average molecular weight is 237 g/mol. The molecular weight excluding hydrogens is 222 g/mol. The molecule has 5 heteroatoms. The molecule has 1 atom stereocenters. The first-order chi connectivity index (χ1) is 8.04. The fourth-order valence-electron chi connectivity index (χ4n) is 1.48. The minimum atomic E-state index is -1.09. The van der Waals surface area contributed by atoms with E-state index in [1.165, 1.54) is 0 Å². The van der Waals surface area contributed by atoms with Gasteiger partial charge in [0.1, 0.15) is 6.04 Å². The van der Waals surface area contributed by atoms with Gasteiger partial charge in [0, 0.05) is 0 Å². The van der Waals surface area contributed by atoms with Crippen LogP contribution >= 0.6 is 0 Å². The monoisotopic (exact) mass is 237 g/mol. The molecule has 0 saturated heterocycles. The minimum Gasteiger partial charge on any atom is -0.480 e. The van der Waals surface area contributed by atoms with Gasteiger partial charge in [0.15, 0.2) is 0 Å². The molecule has 0 amide bonds. The summed E-state index contributed by atoms with van der Waals surface area (Å²) in [5.74, 6) is -2.17. The molecule has 0 aromatic heterocycles. The fourth-order valence-corrected chi connectivity index (χ4v) is 1.48. The Hall–Kier alpha value is -1.88. The van der Waals surface area contributed by atoms with E-state index in [4.69, 9.17) is 10.2 Å². The summed E-state index contributed by atoms with van der Waals surface area (Å²) in [5, 5.41) is 20.0. The molecule has 0 fully saturated rings. The number of carbonyl (C=O) groups is 2. The van der Waals surface area contributed by atoms with Crippen LogP contribution in [-0.2, 0) is 16.0 Å². The summed E-state index contributed by atoms with van der Waals surface area (Å²) in [6.45, 7) is 1.62. The topological polar surface area (TPSA) is 86.6 Å². The molecule has 1 aromatic rings. The van der Waals surface area contributed by atoms with Crippen molar-refractivity contribution in [1.82, 2.24) is 5.32 Å². The van der Waals surface area contributed by atoms with Crippen LogP contribution in [0.5, 0.6) is 0 Å². The Morgan fingerprint density at radius 3 is 2.24 bits per heavy atom. The number of aryl methyl sites for hydroxylation is 1. The third kappa shape index (κ3) is 3.88. The third-order valence-corrected chi connectivity index (χ3v) is 2.43. The maximum absolute atomic E-state index is 11.0. The molecule has 0 aliphatic carbocycles. The molecule has 0 heterocycles. The zero-order valence-electron chi connectivity index (χ0n) is 9.51. The molecule has 1 rings (SSSR count). The zero-order valence-corrected chi connectivity index (χ0v) is 9.51. The Morgan fingerprint density at radius 2 is 1.82 bits per heavy atom. The average Bonchev–Trinajstić information content (AvgIpc) is 2.29. The first-order valence-electron chi connectivity index (χ1n) is 5.31. The maximum Gasteiger partial charge on any atom is 0.325 e. The Balaban J connectivity index is 2.81. The molecule has 1 unspecified atom stereocenters. The van der Waals surface area contributed by atoms with Gasteiger partial charge in [-0.3, -0.25) is 14.9 Å². The lowest BCUT2D eigenvalue weighted by atomic mass is 10.0. The summed E-state index contributed by atoms with van der Waals surface area (Å²) >= 11 is 0. The van der Waals surface area contributed by atoms with Crippen molar-refractivity contribution in [1.29, 1.82) is 0 Å². The number of nitrogens with one attached hydrogen (secondary N) is 1.